The van der Waals surface area contributed by atoms with Crippen LogP contribution in [0.15, 0.2) is 0 Å². The molecule has 78 valence electrons. The third kappa shape index (κ3) is 2.35. The summed E-state index contributed by atoms with van der Waals surface area (Å²) < 4.78 is 4.94. The zero-order valence-corrected chi connectivity index (χ0v) is 8.98. The van der Waals surface area contributed by atoms with Crippen LogP contribution in [0.5, 0.6) is 0 Å². The SMILES string of the molecule is CCCOC(=O)c1sc(NC)nc1N. The topological polar surface area (TPSA) is 77.2 Å². The molecule has 0 fully saturated rings. The molecule has 6 heteroatoms. The highest BCUT2D eigenvalue weighted by molar-refractivity contribution is 7.17. The van der Waals surface area contributed by atoms with E-state index in [1.807, 2.05) is 6.92 Å². The maximum atomic E-state index is 11.4. The van der Waals surface area contributed by atoms with E-state index < -0.39 is 5.97 Å². The number of hydrogen-bond donors (Lipinski definition) is 2. The van der Waals surface area contributed by atoms with Crippen molar-refractivity contribution in [3.63, 3.8) is 0 Å². The lowest BCUT2D eigenvalue weighted by Gasteiger charge is -1.99. The summed E-state index contributed by atoms with van der Waals surface area (Å²) in [5.41, 5.74) is 5.55. The van der Waals surface area contributed by atoms with Gasteiger partial charge in [0.2, 0.25) is 0 Å². The number of rotatable bonds is 4. The van der Waals surface area contributed by atoms with Crippen LogP contribution in [0.1, 0.15) is 23.0 Å². The highest BCUT2D eigenvalue weighted by Crippen LogP contribution is 2.24. The molecule has 0 aliphatic rings. The molecule has 1 aromatic heterocycles. The first-order valence-corrected chi connectivity index (χ1v) is 5.11. The molecule has 1 heterocycles. The summed E-state index contributed by atoms with van der Waals surface area (Å²) in [6, 6.07) is 0. The summed E-state index contributed by atoms with van der Waals surface area (Å²) in [7, 11) is 1.72. The van der Waals surface area contributed by atoms with Crippen LogP contribution in [-0.4, -0.2) is 24.6 Å². The number of carbonyl (C=O) groups excluding carboxylic acids is 1. The maximum Gasteiger partial charge on any atom is 0.352 e. The molecule has 0 spiro atoms. The molecular formula is C8H13N3O2S. The number of nitrogens with one attached hydrogen (secondary N) is 1. The van der Waals surface area contributed by atoms with Gasteiger partial charge in [0.05, 0.1) is 6.61 Å². The molecule has 0 saturated heterocycles. The predicted octanol–water partition coefficient (Wildman–Crippen LogP) is 1.33. The summed E-state index contributed by atoms with van der Waals surface area (Å²) in [5, 5.41) is 3.44. The third-order valence-corrected chi connectivity index (χ3v) is 2.56. The highest BCUT2D eigenvalue weighted by atomic mass is 32.1. The number of nitrogens with two attached hydrogens (primary N) is 1. The Balaban J connectivity index is 2.73. The summed E-state index contributed by atoms with van der Waals surface area (Å²) >= 11 is 1.20. The van der Waals surface area contributed by atoms with E-state index in [-0.39, 0.29) is 5.82 Å². The van der Waals surface area contributed by atoms with Crippen molar-refractivity contribution in [1.29, 1.82) is 0 Å². The molecule has 0 bridgehead atoms. The molecule has 14 heavy (non-hydrogen) atoms. The smallest absolute Gasteiger partial charge is 0.352 e. The van der Waals surface area contributed by atoms with E-state index in [1.165, 1.54) is 11.3 Å². The van der Waals surface area contributed by atoms with Gasteiger partial charge in [0.25, 0.3) is 0 Å². The van der Waals surface area contributed by atoms with Crippen molar-refractivity contribution < 1.29 is 9.53 Å². The fraction of sp³-hybridized carbons (Fsp3) is 0.500. The molecule has 5 nitrogen and oxygen atoms in total. The molecule has 0 radical (unpaired) electrons. The molecule has 0 aliphatic heterocycles. The van der Waals surface area contributed by atoms with Crippen LogP contribution in [0.2, 0.25) is 0 Å². The van der Waals surface area contributed by atoms with Gasteiger partial charge in [-0.05, 0) is 6.42 Å². The average molecular weight is 215 g/mol. The Bertz CT molecular complexity index is 324. The standard InChI is InChI=1S/C8H13N3O2S/c1-3-4-13-7(12)5-6(9)11-8(10-2)14-5/h3-4,9H2,1-2H3,(H,10,11). The molecule has 0 amide bonds. The Kier molecular flexibility index (Phi) is 3.70. The van der Waals surface area contributed by atoms with E-state index in [0.717, 1.165) is 6.42 Å². The molecule has 3 N–H and O–H groups in total. The normalized spacial score (nSPS) is 9.86. The first-order chi connectivity index (χ1) is 6.69. The van der Waals surface area contributed by atoms with Gasteiger partial charge in [-0.15, -0.1) is 0 Å². The Labute approximate surface area is 86.3 Å². The molecule has 0 aliphatic carbocycles. The lowest BCUT2D eigenvalue weighted by atomic mass is 10.5. The van der Waals surface area contributed by atoms with Gasteiger partial charge >= 0.3 is 5.97 Å². The van der Waals surface area contributed by atoms with E-state index >= 15 is 0 Å². The Hall–Kier alpha value is -1.30. The van der Waals surface area contributed by atoms with Crippen LogP contribution >= 0.6 is 11.3 Å². The predicted molar refractivity (Wildman–Crippen MR) is 56.6 cm³/mol. The van der Waals surface area contributed by atoms with Gasteiger partial charge in [-0.25, -0.2) is 9.78 Å². The second kappa shape index (κ2) is 4.80. The van der Waals surface area contributed by atoms with Gasteiger partial charge in [0.1, 0.15) is 0 Å². The van der Waals surface area contributed by atoms with E-state index in [4.69, 9.17) is 10.5 Å². The van der Waals surface area contributed by atoms with Crippen LogP contribution in [-0.2, 0) is 4.74 Å². The molecule has 1 aromatic rings. The fourth-order valence-electron chi connectivity index (χ4n) is 0.845. The van der Waals surface area contributed by atoms with Crippen molar-refractivity contribution >= 4 is 28.3 Å². The van der Waals surface area contributed by atoms with Gasteiger partial charge in [0, 0.05) is 7.05 Å². The Morgan fingerprint density at radius 3 is 2.93 bits per heavy atom. The number of anilines is 2. The molecular weight excluding hydrogens is 202 g/mol. The van der Waals surface area contributed by atoms with Crippen LogP contribution in [0.3, 0.4) is 0 Å². The molecule has 0 atom stereocenters. The zero-order valence-electron chi connectivity index (χ0n) is 8.16. The van der Waals surface area contributed by atoms with Crippen LogP contribution in [0, 0.1) is 0 Å². The van der Waals surface area contributed by atoms with Crippen LogP contribution < -0.4 is 11.1 Å². The molecule has 0 aromatic carbocycles. The first-order valence-electron chi connectivity index (χ1n) is 4.30. The minimum atomic E-state index is -0.400. The average Bonchev–Trinajstić information content (AvgIpc) is 2.56. The largest absolute Gasteiger partial charge is 0.461 e. The monoisotopic (exact) mass is 215 g/mol. The number of ether oxygens (including phenoxy) is 1. The van der Waals surface area contributed by atoms with Crippen molar-refractivity contribution in [2.75, 3.05) is 24.7 Å². The summed E-state index contributed by atoms with van der Waals surface area (Å²) in [6.45, 7) is 2.34. The van der Waals surface area contributed by atoms with Gasteiger partial charge in [-0.3, -0.25) is 0 Å². The maximum absolute atomic E-state index is 11.4. The van der Waals surface area contributed by atoms with Gasteiger partial charge < -0.3 is 15.8 Å². The van der Waals surface area contributed by atoms with Crippen molar-refractivity contribution in [2.45, 2.75) is 13.3 Å². The second-order valence-corrected chi connectivity index (χ2v) is 3.62. The summed E-state index contributed by atoms with van der Waals surface area (Å²) in [6.07, 6.45) is 0.795. The molecule has 0 saturated carbocycles. The third-order valence-electron chi connectivity index (χ3n) is 1.49. The second-order valence-electron chi connectivity index (χ2n) is 2.62. The van der Waals surface area contributed by atoms with Crippen molar-refractivity contribution in [1.82, 2.24) is 4.98 Å². The number of aromatic nitrogens is 1. The minimum Gasteiger partial charge on any atom is -0.461 e. The fourth-order valence-corrected chi connectivity index (χ4v) is 1.58. The quantitative estimate of drug-likeness (QED) is 0.741. The number of thiazole rings is 1. The van der Waals surface area contributed by atoms with E-state index in [1.54, 1.807) is 7.05 Å². The number of nitrogen functional groups attached to an aromatic ring is 1. The minimum absolute atomic E-state index is 0.223. The van der Waals surface area contributed by atoms with Gasteiger partial charge in [-0.2, -0.15) is 0 Å². The number of carbonyl (C=O) groups is 1. The van der Waals surface area contributed by atoms with E-state index in [0.29, 0.717) is 16.6 Å². The van der Waals surface area contributed by atoms with Crippen LogP contribution in [0.25, 0.3) is 0 Å². The highest BCUT2D eigenvalue weighted by Gasteiger charge is 2.16. The van der Waals surface area contributed by atoms with E-state index in [9.17, 15) is 4.79 Å². The van der Waals surface area contributed by atoms with Gasteiger partial charge in [-0.1, -0.05) is 18.3 Å². The Morgan fingerprint density at radius 1 is 1.71 bits per heavy atom. The van der Waals surface area contributed by atoms with Crippen molar-refractivity contribution in [2.24, 2.45) is 0 Å². The summed E-state index contributed by atoms with van der Waals surface area (Å²) in [4.78, 5) is 15.7. The Morgan fingerprint density at radius 2 is 2.43 bits per heavy atom. The number of hydrogen-bond acceptors (Lipinski definition) is 6. The number of nitrogens with zero attached hydrogens (tertiary/aromatic N) is 1. The molecule has 1 rings (SSSR count). The number of esters is 1. The van der Waals surface area contributed by atoms with Gasteiger partial charge in [0.15, 0.2) is 15.8 Å². The first kappa shape index (κ1) is 10.8. The zero-order chi connectivity index (χ0) is 10.6. The van der Waals surface area contributed by atoms with Crippen LogP contribution in [0.4, 0.5) is 10.9 Å². The lowest BCUT2D eigenvalue weighted by Crippen LogP contribution is -2.06. The van der Waals surface area contributed by atoms with Crippen molar-refractivity contribution in [3.05, 3.63) is 4.88 Å². The van der Waals surface area contributed by atoms with Crippen molar-refractivity contribution in [3.8, 4) is 0 Å². The summed E-state index contributed by atoms with van der Waals surface area (Å²) in [5.74, 6) is -0.177. The lowest BCUT2D eigenvalue weighted by molar-refractivity contribution is 0.0512. The van der Waals surface area contributed by atoms with E-state index in [2.05, 4.69) is 10.3 Å². The molecule has 0 unspecified atom stereocenters.